The van der Waals surface area contributed by atoms with Crippen LogP contribution in [0.2, 0.25) is 0 Å². The van der Waals surface area contributed by atoms with E-state index in [1.807, 2.05) is 0 Å². The molecule has 1 aromatic carbocycles. The first-order valence-electron chi connectivity index (χ1n) is 6.03. The molecule has 20 heavy (non-hydrogen) atoms. The molecule has 0 aliphatic rings. The van der Waals surface area contributed by atoms with Gasteiger partial charge >= 0.3 is 6.18 Å². The molecule has 0 aliphatic heterocycles. The summed E-state index contributed by atoms with van der Waals surface area (Å²) in [5.74, 6) is -0.0461. The molecule has 0 fully saturated rings. The molecule has 3 nitrogen and oxygen atoms in total. The van der Waals surface area contributed by atoms with Gasteiger partial charge in [-0.1, -0.05) is 19.1 Å². The molecule has 0 spiro atoms. The Balaban J connectivity index is 2.73. The van der Waals surface area contributed by atoms with Crippen LogP contribution in [0.5, 0.6) is 0 Å². The predicted octanol–water partition coefficient (Wildman–Crippen LogP) is 3.65. The average Bonchev–Trinajstić information content (AvgIpc) is 2.39. The van der Waals surface area contributed by atoms with Crippen molar-refractivity contribution >= 4 is 22.5 Å². The summed E-state index contributed by atoms with van der Waals surface area (Å²) in [6, 6.07) is 6.29. The maximum Gasteiger partial charge on any atom is 0.406 e. The van der Waals surface area contributed by atoms with Gasteiger partial charge in [0, 0.05) is 0 Å². The van der Waals surface area contributed by atoms with Crippen LogP contribution < -0.4 is 5.56 Å². The molecule has 0 amide bonds. The minimum atomic E-state index is -4.51. The summed E-state index contributed by atoms with van der Waals surface area (Å²) < 4.78 is 38.5. The number of halogens is 4. The predicted molar refractivity (Wildman–Crippen MR) is 70.9 cm³/mol. The Morgan fingerprint density at radius 1 is 1.35 bits per heavy atom. The lowest BCUT2D eigenvalue weighted by Gasteiger charge is -2.17. The van der Waals surface area contributed by atoms with Crippen molar-refractivity contribution in [2.45, 2.75) is 31.4 Å². The number of para-hydroxylation sites is 1. The normalized spacial score (nSPS) is 13.7. The lowest BCUT2D eigenvalue weighted by atomic mass is 10.2. The van der Waals surface area contributed by atoms with Crippen molar-refractivity contribution in [2.75, 3.05) is 0 Å². The maximum atomic E-state index is 12.6. The van der Waals surface area contributed by atoms with Crippen LogP contribution in [-0.4, -0.2) is 15.7 Å². The van der Waals surface area contributed by atoms with Gasteiger partial charge in [-0.05, 0) is 18.6 Å². The Bertz CT molecular complexity index is 681. The van der Waals surface area contributed by atoms with Crippen molar-refractivity contribution in [1.29, 1.82) is 0 Å². The average molecular weight is 305 g/mol. The van der Waals surface area contributed by atoms with Gasteiger partial charge in [-0.3, -0.25) is 9.36 Å². The molecule has 0 N–H and O–H groups in total. The molecule has 1 unspecified atom stereocenters. The molecule has 7 heteroatoms. The van der Waals surface area contributed by atoms with Gasteiger partial charge in [0.2, 0.25) is 0 Å². The third-order valence-electron chi connectivity index (χ3n) is 2.87. The second kappa shape index (κ2) is 5.44. The van der Waals surface area contributed by atoms with E-state index in [-0.39, 0.29) is 11.2 Å². The first kappa shape index (κ1) is 14.8. The number of alkyl halides is 4. The number of hydrogen-bond acceptors (Lipinski definition) is 2. The van der Waals surface area contributed by atoms with Crippen molar-refractivity contribution < 1.29 is 13.2 Å². The molecule has 1 atom stereocenters. The fourth-order valence-corrected chi connectivity index (χ4v) is 2.11. The van der Waals surface area contributed by atoms with Gasteiger partial charge in [-0.15, -0.1) is 11.6 Å². The number of hydrogen-bond donors (Lipinski definition) is 0. The molecule has 0 aliphatic carbocycles. The van der Waals surface area contributed by atoms with E-state index in [1.165, 1.54) is 6.07 Å². The maximum absolute atomic E-state index is 12.6. The number of fused-ring (bicyclic) bond motifs is 1. The molecule has 1 heterocycles. The molecular weight excluding hydrogens is 293 g/mol. The molecule has 0 bridgehead atoms. The first-order valence-corrected chi connectivity index (χ1v) is 6.47. The molecule has 2 aromatic rings. The van der Waals surface area contributed by atoms with Gasteiger partial charge in [0.25, 0.3) is 5.56 Å². The van der Waals surface area contributed by atoms with E-state index in [9.17, 15) is 18.0 Å². The van der Waals surface area contributed by atoms with E-state index in [4.69, 9.17) is 11.6 Å². The Kier molecular flexibility index (Phi) is 4.04. The molecule has 0 radical (unpaired) electrons. The first-order chi connectivity index (χ1) is 9.33. The molecular formula is C13H12ClF3N2O. The van der Waals surface area contributed by atoms with Gasteiger partial charge in [0.15, 0.2) is 0 Å². The fraction of sp³-hybridized carbons (Fsp3) is 0.385. The highest BCUT2D eigenvalue weighted by Crippen LogP contribution is 2.25. The zero-order valence-electron chi connectivity index (χ0n) is 10.6. The number of benzene rings is 1. The summed E-state index contributed by atoms with van der Waals surface area (Å²) in [6.45, 7) is 0.333. The van der Waals surface area contributed by atoms with Crippen LogP contribution in [-0.2, 0) is 6.54 Å². The third kappa shape index (κ3) is 2.95. The van der Waals surface area contributed by atoms with Gasteiger partial charge in [0.1, 0.15) is 12.4 Å². The lowest BCUT2D eigenvalue weighted by molar-refractivity contribution is -0.141. The quantitative estimate of drug-likeness (QED) is 0.811. The number of aromatic nitrogens is 2. The summed E-state index contributed by atoms with van der Waals surface area (Å²) in [5, 5.41) is -0.588. The van der Waals surface area contributed by atoms with Crippen molar-refractivity contribution in [3.8, 4) is 0 Å². The SMILES string of the molecule is CCC(Cl)c1nc2ccccc2c(=O)n1CC(F)(F)F. The minimum Gasteiger partial charge on any atom is -0.286 e. The Morgan fingerprint density at radius 3 is 2.60 bits per heavy atom. The number of nitrogens with zero attached hydrogens (tertiary/aromatic N) is 2. The molecule has 0 saturated heterocycles. The number of rotatable bonds is 3. The second-order valence-corrected chi connectivity index (χ2v) is 4.90. The van der Waals surface area contributed by atoms with Gasteiger partial charge in [0.05, 0.1) is 16.3 Å². The third-order valence-corrected chi connectivity index (χ3v) is 3.37. The largest absolute Gasteiger partial charge is 0.406 e. The van der Waals surface area contributed by atoms with Crippen molar-refractivity contribution in [1.82, 2.24) is 9.55 Å². The van der Waals surface area contributed by atoms with Crippen LogP contribution in [0.3, 0.4) is 0 Å². The molecule has 2 rings (SSSR count). The van der Waals surface area contributed by atoms with Crippen LogP contribution in [0.15, 0.2) is 29.1 Å². The van der Waals surface area contributed by atoms with E-state index >= 15 is 0 Å². The van der Waals surface area contributed by atoms with Crippen LogP contribution in [0, 0.1) is 0 Å². The van der Waals surface area contributed by atoms with E-state index in [0.29, 0.717) is 16.5 Å². The highest BCUT2D eigenvalue weighted by molar-refractivity contribution is 6.20. The summed E-state index contributed by atoms with van der Waals surface area (Å²) in [4.78, 5) is 16.3. The molecule has 108 valence electrons. The highest BCUT2D eigenvalue weighted by atomic mass is 35.5. The Hall–Kier alpha value is -1.56. The molecule has 0 saturated carbocycles. The summed E-state index contributed by atoms with van der Waals surface area (Å²) in [6.07, 6.45) is -4.13. The van der Waals surface area contributed by atoms with Gasteiger partial charge < -0.3 is 0 Å². The van der Waals surface area contributed by atoms with Crippen LogP contribution in [0.4, 0.5) is 13.2 Å². The summed E-state index contributed by atoms with van der Waals surface area (Å²) in [5.41, 5.74) is -0.368. The smallest absolute Gasteiger partial charge is 0.286 e. The van der Waals surface area contributed by atoms with Crippen LogP contribution in [0.1, 0.15) is 24.5 Å². The minimum absolute atomic E-state index is 0.0461. The van der Waals surface area contributed by atoms with E-state index in [0.717, 1.165) is 0 Å². The van der Waals surface area contributed by atoms with Crippen LogP contribution >= 0.6 is 11.6 Å². The Morgan fingerprint density at radius 2 is 2.00 bits per heavy atom. The lowest BCUT2D eigenvalue weighted by Crippen LogP contribution is -2.32. The van der Waals surface area contributed by atoms with E-state index < -0.39 is 23.7 Å². The van der Waals surface area contributed by atoms with Gasteiger partial charge in [-0.2, -0.15) is 13.2 Å². The van der Waals surface area contributed by atoms with Crippen molar-refractivity contribution in [3.05, 3.63) is 40.4 Å². The van der Waals surface area contributed by atoms with Crippen molar-refractivity contribution in [2.24, 2.45) is 0 Å². The van der Waals surface area contributed by atoms with Crippen LogP contribution in [0.25, 0.3) is 10.9 Å². The standard InChI is InChI=1S/C13H12ClF3N2O/c1-2-9(14)11-18-10-6-4-3-5-8(10)12(20)19(11)7-13(15,16)17/h3-6,9H,2,7H2,1H3. The Labute approximate surface area is 118 Å². The monoisotopic (exact) mass is 304 g/mol. The van der Waals surface area contributed by atoms with Crippen molar-refractivity contribution in [3.63, 3.8) is 0 Å². The highest BCUT2D eigenvalue weighted by Gasteiger charge is 2.31. The summed E-state index contributed by atoms with van der Waals surface area (Å²) >= 11 is 6.01. The van der Waals surface area contributed by atoms with Gasteiger partial charge in [-0.25, -0.2) is 4.98 Å². The van der Waals surface area contributed by atoms with E-state index in [2.05, 4.69) is 4.98 Å². The fourth-order valence-electron chi connectivity index (χ4n) is 1.94. The zero-order valence-corrected chi connectivity index (χ0v) is 11.4. The topological polar surface area (TPSA) is 34.9 Å². The van der Waals surface area contributed by atoms with E-state index in [1.54, 1.807) is 25.1 Å². The summed E-state index contributed by atoms with van der Waals surface area (Å²) in [7, 11) is 0. The molecule has 1 aromatic heterocycles. The zero-order chi connectivity index (χ0) is 14.9. The second-order valence-electron chi connectivity index (χ2n) is 4.37.